The second kappa shape index (κ2) is 7.04. The number of hydrogen-bond donors (Lipinski definition) is 2. The fourth-order valence-corrected chi connectivity index (χ4v) is 3.10. The van der Waals surface area contributed by atoms with Crippen molar-refractivity contribution in [1.82, 2.24) is 15.1 Å². The highest BCUT2D eigenvalue weighted by molar-refractivity contribution is 5.91. The molecular weight excluding hydrogens is 268 g/mol. The number of nitrogens with zero attached hydrogens (tertiary/aromatic N) is 2. The number of amides is 1. The van der Waals surface area contributed by atoms with Crippen molar-refractivity contribution < 1.29 is 9.53 Å². The zero-order valence-electron chi connectivity index (χ0n) is 12.4. The van der Waals surface area contributed by atoms with Crippen molar-refractivity contribution in [1.29, 1.82) is 0 Å². The van der Waals surface area contributed by atoms with Crippen molar-refractivity contribution in [3.05, 3.63) is 12.4 Å². The summed E-state index contributed by atoms with van der Waals surface area (Å²) in [6.45, 7) is 1.99. The van der Waals surface area contributed by atoms with Crippen LogP contribution < -0.4 is 10.6 Å². The Morgan fingerprint density at radius 2 is 2.19 bits per heavy atom. The van der Waals surface area contributed by atoms with E-state index in [1.54, 1.807) is 6.20 Å². The monoisotopic (exact) mass is 292 g/mol. The van der Waals surface area contributed by atoms with Crippen LogP contribution in [-0.2, 0) is 16.1 Å². The third-order valence-electron chi connectivity index (χ3n) is 4.24. The Kier molecular flexibility index (Phi) is 4.87. The Bertz CT molecular complexity index is 462. The molecule has 2 fully saturated rings. The molecule has 6 nitrogen and oxygen atoms in total. The highest BCUT2D eigenvalue weighted by Gasteiger charge is 2.17. The van der Waals surface area contributed by atoms with E-state index >= 15 is 0 Å². The molecule has 0 radical (unpaired) electrons. The molecule has 116 valence electrons. The predicted octanol–water partition coefficient (Wildman–Crippen LogP) is 1.53. The van der Waals surface area contributed by atoms with Gasteiger partial charge in [-0.2, -0.15) is 5.10 Å². The van der Waals surface area contributed by atoms with Crippen molar-refractivity contribution in [3.63, 3.8) is 0 Å². The molecule has 1 saturated heterocycles. The number of aromatic nitrogens is 2. The molecule has 1 aliphatic heterocycles. The summed E-state index contributed by atoms with van der Waals surface area (Å²) in [5.41, 5.74) is 0.756. The first-order chi connectivity index (χ1) is 10.3. The maximum atomic E-state index is 11.9. The van der Waals surface area contributed by atoms with E-state index < -0.39 is 0 Å². The fourth-order valence-electron chi connectivity index (χ4n) is 3.10. The maximum Gasteiger partial charge on any atom is 0.238 e. The number of rotatable bonds is 6. The Balaban J connectivity index is 1.41. The molecule has 3 rings (SSSR count). The van der Waals surface area contributed by atoms with Crippen molar-refractivity contribution in [3.8, 4) is 0 Å². The Labute approximate surface area is 125 Å². The van der Waals surface area contributed by atoms with Crippen LogP contribution in [0.4, 0.5) is 5.69 Å². The van der Waals surface area contributed by atoms with Crippen LogP contribution in [0, 0.1) is 0 Å². The molecule has 2 aliphatic rings. The lowest BCUT2D eigenvalue weighted by atomic mass is 10.2. The van der Waals surface area contributed by atoms with Crippen molar-refractivity contribution in [2.45, 2.75) is 57.2 Å². The van der Waals surface area contributed by atoms with Gasteiger partial charge in [-0.25, -0.2) is 0 Å². The highest BCUT2D eigenvalue weighted by Crippen LogP contribution is 2.17. The lowest BCUT2D eigenvalue weighted by Gasteiger charge is -2.11. The minimum atomic E-state index is -0.00133. The largest absolute Gasteiger partial charge is 0.376 e. The molecule has 0 spiro atoms. The standard InChI is InChI=1S/C15H24N4O2/c20-15(9-16-12-4-1-2-5-12)18-13-8-17-19(10-13)11-14-6-3-7-21-14/h8,10,12,14,16H,1-7,9,11H2,(H,18,20). The van der Waals surface area contributed by atoms with Crippen LogP contribution in [0.1, 0.15) is 38.5 Å². The normalized spacial score (nSPS) is 22.8. The van der Waals surface area contributed by atoms with E-state index in [9.17, 15) is 4.79 Å². The third kappa shape index (κ3) is 4.28. The first-order valence-electron chi connectivity index (χ1n) is 7.97. The molecule has 1 saturated carbocycles. The Morgan fingerprint density at radius 1 is 1.33 bits per heavy atom. The van der Waals surface area contributed by atoms with E-state index in [-0.39, 0.29) is 12.0 Å². The summed E-state index contributed by atoms with van der Waals surface area (Å²) < 4.78 is 7.43. The molecular formula is C15H24N4O2. The fraction of sp³-hybridized carbons (Fsp3) is 0.733. The zero-order valence-corrected chi connectivity index (χ0v) is 12.4. The van der Waals surface area contributed by atoms with E-state index in [1.807, 2.05) is 10.9 Å². The topological polar surface area (TPSA) is 68.2 Å². The van der Waals surface area contributed by atoms with Crippen LogP contribution >= 0.6 is 0 Å². The summed E-state index contributed by atoms with van der Waals surface area (Å²) in [5, 5.41) is 10.5. The lowest BCUT2D eigenvalue weighted by Crippen LogP contribution is -2.34. The summed E-state index contributed by atoms with van der Waals surface area (Å²) in [7, 11) is 0. The molecule has 6 heteroatoms. The van der Waals surface area contributed by atoms with Gasteiger partial charge in [-0.15, -0.1) is 0 Å². The minimum absolute atomic E-state index is 0.00133. The van der Waals surface area contributed by atoms with Crippen molar-refractivity contribution in [2.75, 3.05) is 18.5 Å². The maximum absolute atomic E-state index is 11.9. The third-order valence-corrected chi connectivity index (χ3v) is 4.24. The molecule has 0 bridgehead atoms. The SMILES string of the molecule is O=C(CNC1CCCC1)Nc1cnn(CC2CCCO2)c1. The molecule has 21 heavy (non-hydrogen) atoms. The number of carbonyl (C=O) groups is 1. The van der Waals surface area contributed by atoms with Crippen LogP contribution in [0.3, 0.4) is 0 Å². The molecule has 1 aromatic heterocycles. The molecule has 2 N–H and O–H groups in total. The van der Waals surface area contributed by atoms with Gasteiger partial charge in [0, 0.05) is 18.8 Å². The van der Waals surface area contributed by atoms with Crippen LogP contribution in [-0.4, -0.2) is 41.0 Å². The van der Waals surface area contributed by atoms with E-state index in [0.717, 1.165) is 31.7 Å². The van der Waals surface area contributed by atoms with Gasteiger partial charge in [-0.05, 0) is 25.7 Å². The second-order valence-electron chi connectivity index (χ2n) is 6.00. The molecule has 1 atom stereocenters. The van der Waals surface area contributed by atoms with E-state index in [0.29, 0.717) is 12.6 Å². The first kappa shape index (κ1) is 14.5. The molecule has 1 amide bonds. The van der Waals surface area contributed by atoms with E-state index in [2.05, 4.69) is 15.7 Å². The summed E-state index contributed by atoms with van der Waals surface area (Å²) in [5.74, 6) is -0.00133. The van der Waals surface area contributed by atoms with Gasteiger partial charge in [-0.1, -0.05) is 12.8 Å². The van der Waals surface area contributed by atoms with Crippen molar-refractivity contribution >= 4 is 11.6 Å². The number of anilines is 1. The van der Waals surface area contributed by atoms with Crippen LogP contribution in [0.5, 0.6) is 0 Å². The molecule has 1 aliphatic carbocycles. The quantitative estimate of drug-likeness (QED) is 0.834. The lowest BCUT2D eigenvalue weighted by molar-refractivity contribution is -0.115. The van der Waals surface area contributed by atoms with E-state index in [4.69, 9.17) is 4.74 Å². The minimum Gasteiger partial charge on any atom is -0.376 e. The average molecular weight is 292 g/mol. The summed E-state index contributed by atoms with van der Waals surface area (Å²) >= 11 is 0. The van der Waals surface area contributed by atoms with Gasteiger partial charge in [0.2, 0.25) is 5.91 Å². The van der Waals surface area contributed by atoms with Crippen LogP contribution in [0.25, 0.3) is 0 Å². The van der Waals surface area contributed by atoms with Gasteiger partial charge in [0.25, 0.3) is 0 Å². The van der Waals surface area contributed by atoms with Crippen LogP contribution in [0.2, 0.25) is 0 Å². The Hall–Kier alpha value is -1.40. The number of hydrogen-bond acceptors (Lipinski definition) is 4. The molecule has 0 aromatic carbocycles. The number of ether oxygens (including phenoxy) is 1. The van der Waals surface area contributed by atoms with Gasteiger partial charge >= 0.3 is 0 Å². The Morgan fingerprint density at radius 3 is 2.95 bits per heavy atom. The summed E-state index contributed by atoms with van der Waals surface area (Å²) in [6, 6.07) is 0.512. The van der Waals surface area contributed by atoms with E-state index in [1.165, 1.54) is 25.7 Å². The first-order valence-corrected chi connectivity index (χ1v) is 7.97. The van der Waals surface area contributed by atoms with Gasteiger partial charge < -0.3 is 15.4 Å². The molecule has 2 heterocycles. The number of nitrogens with one attached hydrogen (secondary N) is 2. The zero-order chi connectivity index (χ0) is 14.5. The second-order valence-corrected chi connectivity index (χ2v) is 6.00. The van der Waals surface area contributed by atoms with Crippen molar-refractivity contribution in [2.24, 2.45) is 0 Å². The average Bonchev–Trinajstić information content (AvgIpc) is 3.19. The molecule has 1 unspecified atom stereocenters. The summed E-state index contributed by atoms with van der Waals surface area (Å²) in [4.78, 5) is 11.9. The predicted molar refractivity (Wildman–Crippen MR) is 80.1 cm³/mol. The highest BCUT2D eigenvalue weighted by atomic mass is 16.5. The van der Waals surface area contributed by atoms with Crippen LogP contribution in [0.15, 0.2) is 12.4 Å². The van der Waals surface area contributed by atoms with Gasteiger partial charge in [0.05, 0.1) is 31.1 Å². The number of carbonyl (C=O) groups excluding carboxylic acids is 1. The molecule has 1 aromatic rings. The van der Waals surface area contributed by atoms with Gasteiger partial charge in [0.1, 0.15) is 0 Å². The van der Waals surface area contributed by atoms with Gasteiger partial charge in [-0.3, -0.25) is 9.48 Å². The smallest absolute Gasteiger partial charge is 0.238 e. The van der Waals surface area contributed by atoms with Gasteiger partial charge in [0.15, 0.2) is 0 Å². The summed E-state index contributed by atoms with van der Waals surface area (Å²) in [6.07, 6.45) is 11.0.